The number of likely N-dealkylation sites (tertiary alicyclic amines) is 1. The van der Waals surface area contributed by atoms with Crippen LogP contribution < -0.4 is 10.2 Å². The standard InChI is InChI=1S/C21H23N3O2S/c1-15-23-19(16-8-3-2-4-9-16)20(27-15)21(25)22-14-17(18-10-7-13-26-18)24-11-5-6-12-24/h2-4,7-10,13,17H,5-6,11-12,14H2,1H3,(H,22,25)/p+1/t17-/m1/s1. The third-order valence-corrected chi connectivity index (χ3v) is 6.05. The molecule has 1 amide bonds. The fraction of sp³-hybridized carbons (Fsp3) is 0.333. The first kappa shape index (κ1) is 17.9. The van der Waals surface area contributed by atoms with Crippen molar-refractivity contribution in [2.45, 2.75) is 25.8 Å². The van der Waals surface area contributed by atoms with Crippen LogP contribution in [0.5, 0.6) is 0 Å². The molecule has 0 radical (unpaired) electrons. The van der Waals surface area contributed by atoms with Crippen LogP contribution in [0.15, 0.2) is 53.1 Å². The largest absolute Gasteiger partial charge is 0.463 e. The summed E-state index contributed by atoms with van der Waals surface area (Å²) in [6.45, 7) is 4.74. The number of hydrogen-bond acceptors (Lipinski definition) is 4. The van der Waals surface area contributed by atoms with Crippen LogP contribution >= 0.6 is 11.3 Å². The monoisotopic (exact) mass is 382 g/mol. The van der Waals surface area contributed by atoms with Crippen LogP contribution in [0.25, 0.3) is 11.3 Å². The minimum Gasteiger partial charge on any atom is -0.463 e. The molecule has 0 unspecified atom stereocenters. The Morgan fingerprint density at radius 1 is 1.22 bits per heavy atom. The van der Waals surface area contributed by atoms with Gasteiger partial charge < -0.3 is 14.6 Å². The second-order valence-corrected chi connectivity index (χ2v) is 8.12. The average molecular weight is 383 g/mol. The molecule has 1 aliphatic heterocycles. The number of carbonyl (C=O) groups is 1. The molecule has 2 N–H and O–H groups in total. The van der Waals surface area contributed by atoms with Crippen molar-refractivity contribution >= 4 is 17.2 Å². The van der Waals surface area contributed by atoms with Crippen molar-refractivity contribution in [3.63, 3.8) is 0 Å². The van der Waals surface area contributed by atoms with Crippen molar-refractivity contribution < 1.29 is 14.1 Å². The molecular formula is C21H24N3O2S+. The molecule has 3 heterocycles. The Bertz CT molecular complexity index is 884. The first-order chi connectivity index (χ1) is 13.2. The van der Waals surface area contributed by atoms with Crippen LogP contribution in [0.3, 0.4) is 0 Å². The maximum Gasteiger partial charge on any atom is 0.263 e. The third kappa shape index (κ3) is 3.96. The molecule has 3 aromatic rings. The van der Waals surface area contributed by atoms with Crippen LogP contribution in [0, 0.1) is 6.92 Å². The van der Waals surface area contributed by atoms with Gasteiger partial charge in [0.05, 0.1) is 36.6 Å². The highest BCUT2D eigenvalue weighted by molar-refractivity contribution is 7.14. The van der Waals surface area contributed by atoms with Gasteiger partial charge in [0.15, 0.2) is 11.8 Å². The molecule has 2 aromatic heterocycles. The molecule has 1 aromatic carbocycles. The van der Waals surface area contributed by atoms with E-state index in [2.05, 4.69) is 10.3 Å². The first-order valence-corrected chi connectivity index (χ1v) is 10.2. The Balaban J connectivity index is 1.52. The highest BCUT2D eigenvalue weighted by Gasteiger charge is 2.30. The molecule has 0 spiro atoms. The summed E-state index contributed by atoms with van der Waals surface area (Å²) < 4.78 is 5.66. The smallest absolute Gasteiger partial charge is 0.263 e. The van der Waals surface area contributed by atoms with Crippen LogP contribution in [0.4, 0.5) is 0 Å². The molecule has 140 valence electrons. The quantitative estimate of drug-likeness (QED) is 0.689. The Hall–Kier alpha value is -2.44. The fourth-order valence-corrected chi connectivity index (χ4v) is 4.62. The van der Waals surface area contributed by atoms with E-state index >= 15 is 0 Å². The van der Waals surface area contributed by atoms with Crippen molar-refractivity contribution in [2.24, 2.45) is 0 Å². The number of aryl methyl sites for hydroxylation is 1. The van der Waals surface area contributed by atoms with E-state index in [0.717, 1.165) is 35.1 Å². The zero-order chi connectivity index (χ0) is 18.6. The predicted octanol–water partition coefficient (Wildman–Crippen LogP) is 2.86. The number of nitrogens with zero attached hydrogens (tertiary/aromatic N) is 1. The van der Waals surface area contributed by atoms with Gasteiger partial charge >= 0.3 is 0 Å². The van der Waals surface area contributed by atoms with E-state index in [1.807, 2.05) is 49.4 Å². The predicted molar refractivity (Wildman–Crippen MR) is 106 cm³/mol. The van der Waals surface area contributed by atoms with E-state index in [-0.39, 0.29) is 11.9 Å². The average Bonchev–Trinajstić information content (AvgIpc) is 3.45. The lowest BCUT2D eigenvalue weighted by molar-refractivity contribution is -0.919. The SMILES string of the molecule is Cc1nc(-c2ccccc2)c(C(=O)NC[C@H](c2ccco2)[NH+]2CCCC2)s1. The van der Waals surface area contributed by atoms with Gasteiger partial charge in [-0.3, -0.25) is 4.79 Å². The summed E-state index contributed by atoms with van der Waals surface area (Å²) in [5, 5.41) is 4.03. The van der Waals surface area contributed by atoms with Gasteiger partial charge in [0.25, 0.3) is 5.91 Å². The molecular weight excluding hydrogens is 358 g/mol. The summed E-state index contributed by atoms with van der Waals surface area (Å²) >= 11 is 1.45. The molecule has 6 heteroatoms. The van der Waals surface area contributed by atoms with Crippen molar-refractivity contribution in [1.29, 1.82) is 0 Å². The molecule has 4 rings (SSSR count). The lowest BCUT2D eigenvalue weighted by Crippen LogP contribution is -3.11. The van der Waals surface area contributed by atoms with Gasteiger partial charge in [-0.15, -0.1) is 11.3 Å². The minimum absolute atomic E-state index is 0.0605. The maximum atomic E-state index is 13.0. The number of aromatic nitrogens is 1. The Labute approximate surface area is 163 Å². The highest BCUT2D eigenvalue weighted by atomic mass is 32.1. The topological polar surface area (TPSA) is 59.6 Å². The minimum atomic E-state index is -0.0605. The van der Waals surface area contributed by atoms with Gasteiger partial charge in [0, 0.05) is 18.4 Å². The zero-order valence-corrected chi connectivity index (χ0v) is 16.2. The molecule has 27 heavy (non-hydrogen) atoms. The summed E-state index contributed by atoms with van der Waals surface area (Å²) in [6, 6.07) is 14.0. The van der Waals surface area contributed by atoms with E-state index in [0.29, 0.717) is 11.4 Å². The van der Waals surface area contributed by atoms with E-state index < -0.39 is 0 Å². The first-order valence-electron chi connectivity index (χ1n) is 9.41. The Morgan fingerprint density at radius 3 is 2.70 bits per heavy atom. The normalized spacial score (nSPS) is 15.7. The van der Waals surface area contributed by atoms with Crippen molar-refractivity contribution in [3.05, 3.63) is 64.4 Å². The van der Waals surface area contributed by atoms with E-state index in [1.54, 1.807) is 6.26 Å². The number of nitrogens with one attached hydrogen (secondary N) is 2. The molecule has 5 nitrogen and oxygen atoms in total. The van der Waals surface area contributed by atoms with Crippen LogP contribution in [0.2, 0.25) is 0 Å². The second-order valence-electron chi connectivity index (χ2n) is 6.92. The zero-order valence-electron chi connectivity index (χ0n) is 15.4. The molecule has 0 bridgehead atoms. The molecule has 1 atom stereocenters. The van der Waals surface area contributed by atoms with E-state index in [9.17, 15) is 4.79 Å². The number of rotatable bonds is 6. The Morgan fingerprint density at radius 2 is 2.00 bits per heavy atom. The molecule has 0 aliphatic carbocycles. The summed E-state index contributed by atoms with van der Waals surface area (Å²) in [5.41, 5.74) is 1.73. The van der Waals surface area contributed by atoms with Gasteiger partial charge in [-0.1, -0.05) is 30.3 Å². The lowest BCUT2D eigenvalue weighted by Gasteiger charge is -2.23. The summed E-state index contributed by atoms with van der Waals surface area (Å²) in [6.07, 6.45) is 4.17. The molecule has 0 saturated carbocycles. The van der Waals surface area contributed by atoms with Gasteiger partial charge in [-0.05, 0) is 19.1 Å². The summed E-state index contributed by atoms with van der Waals surface area (Å²) in [7, 11) is 0. The van der Waals surface area contributed by atoms with Crippen molar-refractivity contribution in [2.75, 3.05) is 19.6 Å². The van der Waals surface area contributed by atoms with Gasteiger partial charge in [-0.25, -0.2) is 4.98 Å². The van der Waals surface area contributed by atoms with Crippen LogP contribution in [-0.2, 0) is 0 Å². The van der Waals surface area contributed by atoms with Gasteiger partial charge in [0.1, 0.15) is 4.88 Å². The van der Waals surface area contributed by atoms with Crippen molar-refractivity contribution in [1.82, 2.24) is 10.3 Å². The summed E-state index contributed by atoms with van der Waals surface area (Å²) in [5.74, 6) is 0.880. The van der Waals surface area contributed by atoms with Crippen molar-refractivity contribution in [3.8, 4) is 11.3 Å². The fourth-order valence-electron chi connectivity index (χ4n) is 3.76. The highest BCUT2D eigenvalue weighted by Crippen LogP contribution is 2.28. The molecule has 1 saturated heterocycles. The number of carbonyl (C=O) groups excluding carboxylic acids is 1. The lowest BCUT2D eigenvalue weighted by atomic mass is 10.1. The number of furan rings is 1. The van der Waals surface area contributed by atoms with E-state index in [1.165, 1.54) is 29.1 Å². The molecule has 1 fully saturated rings. The number of amides is 1. The number of thiazole rings is 1. The third-order valence-electron chi connectivity index (χ3n) is 5.08. The Kier molecular flexibility index (Phi) is 5.36. The van der Waals surface area contributed by atoms with Gasteiger partial charge in [-0.2, -0.15) is 0 Å². The number of benzene rings is 1. The number of hydrogen-bond donors (Lipinski definition) is 2. The van der Waals surface area contributed by atoms with E-state index in [4.69, 9.17) is 4.42 Å². The van der Waals surface area contributed by atoms with Crippen LogP contribution in [0.1, 0.15) is 39.3 Å². The van der Waals surface area contributed by atoms with Crippen LogP contribution in [-0.4, -0.2) is 30.5 Å². The summed E-state index contributed by atoms with van der Waals surface area (Å²) in [4.78, 5) is 19.7. The second kappa shape index (κ2) is 8.06. The maximum absolute atomic E-state index is 13.0. The van der Waals surface area contributed by atoms with Gasteiger partial charge in [0.2, 0.25) is 0 Å². The molecule has 1 aliphatic rings. The number of quaternary nitrogens is 1.